The van der Waals surface area contributed by atoms with E-state index in [2.05, 4.69) is 10.3 Å². The van der Waals surface area contributed by atoms with Crippen molar-refractivity contribution in [1.82, 2.24) is 10.3 Å². The van der Waals surface area contributed by atoms with E-state index in [-0.39, 0.29) is 23.1 Å². The van der Waals surface area contributed by atoms with Gasteiger partial charge in [0.2, 0.25) is 0 Å². The molecule has 1 amide bonds. The van der Waals surface area contributed by atoms with Crippen molar-refractivity contribution >= 4 is 17.4 Å². The monoisotopic (exact) mass is 222 g/mol. The van der Waals surface area contributed by atoms with Gasteiger partial charge in [-0.15, -0.1) is 0 Å². The van der Waals surface area contributed by atoms with Gasteiger partial charge in [-0.25, -0.2) is 4.98 Å². The number of amides is 1. The SMILES string of the molecule is Nc1cc(C(=O)NC2CC2)c([N+](=O)[O-])cn1. The summed E-state index contributed by atoms with van der Waals surface area (Å²) in [5, 5.41) is 13.3. The third-order valence-corrected chi connectivity index (χ3v) is 2.26. The topological polar surface area (TPSA) is 111 Å². The van der Waals surface area contributed by atoms with Crippen molar-refractivity contribution in [2.24, 2.45) is 0 Å². The summed E-state index contributed by atoms with van der Waals surface area (Å²) in [6, 6.07) is 1.36. The van der Waals surface area contributed by atoms with Crippen LogP contribution in [0, 0.1) is 10.1 Å². The lowest BCUT2D eigenvalue weighted by Gasteiger charge is -2.04. The Kier molecular flexibility index (Phi) is 2.43. The summed E-state index contributed by atoms with van der Waals surface area (Å²) in [4.78, 5) is 25.3. The van der Waals surface area contributed by atoms with E-state index < -0.39 is 10.8 Å². The molecule has 1 fully saturated rings. The smallest absolute Gasteiger partial charge is 0.300 e. The van der Waals surface area contributed by atoms with Crippen LogP contribution in [-0.4, -0.2) is 21.9 Å². The maximum Gasteiger partial charge on any atom is 0.300 e. The fraction of sp³-hybridized carbons (Fsp3) is 0.333. The molecule has 1 saturated carbocycles. The summed E-state index contributed by atoms with van der Waals surface area (Å²) in [5.41, 5.74) is 5.03. The number of anilines is 1. The molecule has 0 aliphatic heterocycles. The van der Waals surface area contributed by atoms with E-state index in [0.717, 1.165) is 19.0 Å². The molecule has 0 radical (unpaired) electrons. The largest absolute Gasteiger partial charge is 0.384 e. The number of nitrogens with zero attached hydrogens (tertiary/aromatic N) is 2. The third-order valence-electron chi connectivity index (χ3n) is 2.26. The minimum Gasteiger partial charge on any atom is -0.384 e. The molecule has 1 aromatic rings. The molecule has 3 N–H and O–H groups in total. The van der Waals surface area contributed by atoms with Crippen LogP contribution in [0.2, 0.25) is 0 Å². The molecular weight excluding hydrogens is 212 g/mol. The summed E-state index contributed by atoms with van der Waals surface area (Å²) in [7, 11) is 0. The predicted molar refractivity (Wildman–Crippen MR) is 55.8 cm³/mol. The molecule has 0 atom stereocenters. The van der Waals surface area contributed by atoms with Gasteiger partial charge in [0, 0.05) is 6.04 Å². The van der Waals surface area contributed by atoms with E-state index in [1.807, 2.05) is 0 Å². The van der Waals surface area contributed by atoms with Crippen LogP contribution in [0.3, 0.4) is 0 Å². The second-order valence-electron chi connectivity index (χ2n) is 3.63. The Bertz CT molecular complexity index is 456. The number of carbonyl (C=O) groups excluding carboxylic acids is 1. The highest BCUT2D eigenvalue weighted by molar-refractivity contribution is 5.98. The first-order chi connectivity index (χ1) is 7.58. The van der Waals surface area contributed by atoms with E-state index in [9.17, 15) is 14.9 Å². The van der Waals surface area contributed by atoms with Crippen LogP contribution < -0.4 is 11.1 Å². The Labute approximate surface area is 90.8 Å². The lowest BCUT2D eigenvalue weighted by molar-refractivity contribution is -0.385. The quantitative estimate of drug-likeness (QED) is 0.570. The van der Waals surface area contributed by atoms with Gasteiger partial charge in [0.25, 0.3) is 11.6 Å². The Hall–Kier alpha value is -2.18. The van der Waals surface area contributed by atoms with Crippen molar-refractivity contribution in [1.29, 1.82) is 0 Å². The molecule has 2 rings (SSSR count). The molecule has 16 heavy (non-hydrogen) atoms. The fourth-order valence-corrected chi connectivity index (χ4v) is 1.28. The van der Waals surface area contributed by atoms with Crippen molar-refractivity contribution in [2.45, 2.75) is 18.9 Å². The van der Waals surface area contributed by atoms with Crippen LogP contribution in [0.15, 0.2) is 12.3 Å². The zero-order valence-corrected chi connectivity index (χ0v) is 8.34. The van der Waals surface area contributed by atoms with Crippen LogP contribution in [0.5, 0.6) is 0 Å². The third kappa shape index (κ3) is 2.08. The highest BCUT2D eigenvalue weighted by Gasteiger charge is 2.27. The zero-order valence-electron chi connectivity index (χ0n) is 8.34. The predicted octanol–water partition coefficient (Wildman–Crippen LogP) is 0.464. The lowest BCUT2D eigenvalue weighted by Crippen LogP contribution is -2.26. The summed E-state index contributed by atoms with van der Waals surface area (Å²) in [6.07, 6.45) is 2.83. The second-order valence-corrected chi connectivity index (χ2v) is 3.63. The molecule has 84 valence electrons. The van der Waals surface area contributed by atoms with E-state index in [1.54, 1.807) is 0 Å². The van der Waals surface area contributed by atoms with Gasteiger partial charge in [-0.1, -0.05) is 0 Å². The maximum atomic E-state index is 11.7. The Morgan fingerprint density at radius 1 is 1.62 bits per heavy atom. The number of nitrogens with one attached hydrogen (secondary N) is 1. The molecule has 1 aliphatic carbocycles. The van der Waals surface area contributed by atoms with Crippen LogP contribution in [-0.2, 0) is 0 Å². The van der Waals surface area contributed by atoms with Crippen molar-refractivity contribution in [3.63, 3.8) is 0 Å². The molecule has 0 bridgehead atoms. The summed E-state index contributed by atoms with van der Waals surface area (Å²) in [6.45, 7) is 0. The summed E-state index contributed by atoms with van der Waals surface area (Å²) < 4.78 is 0. The Morgan fingerprint density at radius 3 is 2.88 bits per heavy atom. The first kappa shape index (κ1) is 10.3. The highest BCUT2D eigenvalue weighted by Crippen LogP contribution is 2.23. The zero-order chi connectivity index (χ0) is 11.7. The molecule has 1 aromatic heterocycles. The molecule has 0 aromatic carbocycles. The van der Waals surface area contributed by atoms with Crippen LogP contribution in [0.4, 0.5) is 11.5 Å². The summed E-state index contributed by atoms with van der Waals surface area (Å²) in [5.74, 6) is -0.380. The number of rotatable bonds is 3. The molecule has 0 saturated heterocycles. The lowest BCUT2D eigenvalue weighted by atomic mass is 10.2. The van der Waals surface area contributed by atoms with Gasteiger partial charge in [0.05, 0.1) is 4.92 Å². The van der Waals surface area contributed by atoms with E-state index >= 15 is 0 Å². The minimum absolute atomic E-state index is 0.0376. The molecule has 0 unspecified atom stereocenters. The van der Waals surface area contributed by atoms with E-state index in [4.69, 9.17) is 5.73 Å². The fourth-order valence-electron chi connectivity index (χ4n) is 1.28. The van der Waals surface area contributed by atoms with Crippen molar-refractivity contribution < 1.29 is 9.72 Å². The number of hydrogen-bond donors (Lipinski definition) is 2. The molecule has 7 heteroatoms. The number of nitrogen functional groups attached to an aromatic ring is 1. The number of aromatic nitrogens is 1. The van der Waals surface area contributed by atoms with E-state index in [0.29, 0.717) is 0 Å². The van der Waals surface area contributed by atoms with Gasteiger partial charge in [-0.05, 0) is 18.9 Å². The van der Waals surface area contributed by atoms with Crippen LogP contribution in [0.1, 0.15) is 23.2 Å². The number of nitrogens with two attached hydrogens (primary N) is 1. The standard InChI is InChI=1S/C9H10N4O3/c10-8-3-6(7(4-11-8)13(15)16)9(14)12-5-1-2-5/h3-5H,1-2H2,(H2,10,11)(H,12,14). The van der Waals surface area contributed by atoms with Crippen LogP contribution in [0.25, 0.3) is 0 Å². The van der Waals surface area contributed by atoms with Gasteiger partial charge in [0.1, 0.15) is 17.6 Å². The van der Waals surface area contributed by atoms with E-state index in [1.165, 1.54) is 6.07 Å². The van der Waals surface area contributed by atoms with Gasteiger partial charge >= 0.3 is 0 Å². The molecule has 0 spiro atoms. The van der Waals surface area contributed by atoms with Gasteiger partial charge < -0.3 is 11.1 Å². The van der Waals surface area contributed by atoms with Gasteiger partial charge in [-0.3, -0.25) is 14.9 Å². The Morgan fingerprint density at radius 2 is 2.31 bits per heavy atom. The first-order valence-corrected chi connectivity index (χ1v) is 4.78. The minimum atomic E-state index is -0.645. The number of hydrogen-bond acceptors (Lipinski definition) is 5. The second kappa shape index (κ2) is 3.76. The molecule has 1 aliphatic rings. The van der Waals surface area contributed by atoms with Gasteiger partial charge in [-0.2, -0.15) is 0 Å². The summed E-state index contributed by atoms with van der Waals surface area (Å²) >= 11 is 0. The van der Waals surface area contributed by atoms with Crippen molar-refractivity contribution in [2.75, 3.05) is 5.73 Å². The highest BCUT2D eigenvalue weighted by atomic mass is 16.6. The Balaban J connectivity index is 2.31. The molecule has 1 heterocycles. The number of nitro groups is 1. The normalized spacial score (nSPS) is 14.5. The average Bonchev–Trinajstić information content (AvgIpc) is 3.01. The van der Waals surface area contributed by atoms with Crippen molar-refractivity contribution in [3.05, 3.63) is 27.9 Å². The number of pyridine rings is 1. The molecule has 7 nitrogen and oxygen atoms in total. The van der Waals surface area contributed by atoms with Crippen LogP contribution >= 0.6 is 0 Å². The maximum absolute atomic E-state index is 11.7. The molecular formula is C9H10N4O3. The van der Waals surface area contributed by atoms with Gasteiger partial charge in [0.15, 0.2) is 0 Å². The first-order valence-electron chi connectivity index (χ1n) is 4.78. The number of carbonyl (C=O) groups is 1. The van der Waals surface area contributed by atoms with Crippen molar-refractivity contribution in [3.8, 4) is 0 Å². The average molecular weight is 222 g/mol.